The summed E-state index contributed by atoms with van der Waals surface area (Å²) in [6, 6.07) is 7.76. The molecule has 2 heterocycles. The Morgan fingerprint density at radius 1 is 1.12 bits per heavy atom. The van der Waals surface area contributed by atoms with Gasteiger partial charge in [-0.15, -0.1) is 0 Å². The third-order valence-corrected chi connectivity index (χ3v) is 2.73. The first-order valence-electron chi connectivity index (χ1n) is 5.12. The minimum Gasteiger partial charge on any atom is -0.366 e. The quantitative estimate of drug-likeness (QED) is 0.627. The summed E-state index contributed by atoms with van der Waals surface area (Å²) in [5.41, 5.74) is 1.38. The maximum Gasteiger partial charge on any atom is 0.178 e. The van der Waals surface area contributed by atoms with Gasteiger partial charge >= 0.3 is 0 Å². The molecule has 3 aromatic rings. The number of pyridine rings is 1. The maximum absolute atomic E-state index is 11.2. The highest BCUT2D eigenvalue weighted by Crippen LogP contribution is 2.21. The normalized spacial score (nSPS) is 11.1. The van der Waals surface area contributed by atoms with Crippen molar-refractivity contribution in [2.24, 2.45) is 0 Å². The molecule has 0 bridgehead atoms. The van der Waals surface area contributed by atoms with Gasteiger partial charge in [0.2, 0.25) is 0 Å². The van der Waals surface area contributed by atoms with E-state index >= 15 is 0 Å². The Kier molecular flexibility index (Phi) is 1.80. The Labute approximate surface area is 92.1 Å². The topological polar surface area (TPSA) is 45.8 Å². The van der Waals surface area contributed by atoms with E-state index in [1.807, 2.05) is 24.5 Å². The van der Waals surface area contributed by atoms with Crippen molar-refractivity contribution in [2.45, 2.75) is 6.92 Å². The summed E-state index contributed by atoms with van der Waals surface area (Å²) < 4.78 is 0. The Morgan fingerprint density at radius 2 is 1.88 bits per heavy atom. The number of rotatable bonds is 1. The molecule has 2 aromatic heterocycles. The van der Waals surface area contributed by atoms with Gasteiger partial charge in [-0.2, -0.15) is 0 Å². The van der Waals surface area contributed by atoms with Crippen LogP contribution in [0.15, 0.2) is 36.7 Å². The van der Waals surface area contributed by atoms with Gasteiger partial charge in [0.1, 0.15) is 5.69 Å². The molecule has 0 spiro atoms. The second-order valence-corrected chi connectivity index (χ2v) is 3.88. The SMILES string of the molecule is CC(=O)c1ccc2cc3c[nH]cc3cc2n1. The number of hydrogen-bond acceptors (Lipinski definition) is 2. The number of hydrogen-bond donors (Lipinski definition) is 1. The van der Waals surface area contributed by atoms with Crippen LogP contribution in [0.1, 0.15) is 17.4 Å². The number of H-pyrrole nitrogens is 1. The van der Waals surface area contributed by atoms with E-state index < -0.39 is 0 Å². The van der Waals surface area contributed by atoms with E-state index in [4.69, 9.17) is 0 Å². The van der Waals surface area contributed by atoms with Crippen molar-refractivity contribution in [3.05, 3.63) is 42.4 Å². The Morgan fingerprint density at radius 3 is 2.62 bits per heavy atom. The van der Waals surface area contributed by atoms with Gasteiger partial charge in [0.05, 0.1) is 5.52 Å². The van der Waals surface area contributed by atoms with Crippen LogP contribution in [0.3, 0.4) is 0 Å². The van der Waals surface area contributed by atoms with E-state index in [1.165, 1.54) is 6.92 Å². The first-order chi connectivity index (χ1) is 7.74. The maximum atomic E-state index is 11.2. The largest absolute Gasteiger partial charge is 0.366 e. The lowest BCUT2D eigenvalue weighted by atomic mass is 10.1. The third-order valence-electron chi connectivity index (χ3n) is 2.73. The monoisotopic (exact) mass is 210 g/mol. The molecule has 0 aliphatic heterocycles. The molecule has 78 valence electrons. The lowest BCUT2D eigenvalue weighted by Crippen LogP contribution is -1.95. The van der Waals surface area contributed by atoms with E-state index in [1.54, 1.807) is 6.07 Å². The number of Topliss-reactive ketones (excluding diaryl/α,β-unsaturated/α-hetero) is 1. The predicted molar refractivity (Wildman–Crippen MR) is 63.6 cm³/mol. The van der Waals surface area contributed by atoms with Crippen molar-refractivity contribution < 1.29 is 4.79 Å². The fraction of sp³-hybridized carbons (Fsp3) is 0.0769. The highest BCUT2D eigenvalue weighted by Gasteiger charge is 2.04. The number of aromatic amines is 1. The minimum atomic E-state index is -0.00364. The third kappa shape index (κ3) is 1.29. The molecular weight excluding hydrogens is 200 g/mol. The van der Waals surface area contributed by atoms with Gasteiger partial charge in [-0.05, 0) is 23.6 Å². The number of nitrogens with zero attached hydrogens (tertiary/aromatic N) is 1. The lowest BCUT2D eigenvalue weighted by molar-refractivity contribution is 0.101. The molecule has 0 amide bonds. The average Bonchev–Trinajstić information content (AvgIpc) is 2.71. The van der Waals surface area contributed by atoms with E-state index in [-0.39, 0.29) is 5.78 Å². The predicted octanol–water partition coefficient (Wildman–Crippen LogP) is 2.92. The van der Waals surface area contributed by atoms with E-state index in [0.29, 0.717) is 5.69 Å². The van der Waals surface area contributed by atoms with Crippen LogP contribution in [0.4, 0.5) is 0 Å². The first kappa shape index (κ1) is 9.09. The fourth-order valence-corrected chi connectivity index (χ4v) is 1.87. The number of fused-ring (bicyclic) bond motifs is 2. The van der Waals surface area contributed by atoms with Crippen LogP contribution in [0, 0.1) is 0 Å². The number of carbonyl (C=O) groups excluding carboxylic acids is 1. The van der Waals surface area contributed by atoms with Gasteiger partial charge in [0, 0.05) is 30.1 Å². The summed E-state index contributed by atoms with van der Waals surface area (Å²) >= 11 is 0. The smallest absolute Gasteiger partial charge is 0.178 e. The molecule has 0 saturated carbocycles. The molecule has 0 aliphatic carbocycles. The van der Waals surface area contributed by atoms with Crippen molar-refractivity contribution in [1.29, 1.82) is 0 Å². The molecule has 0 aliphatic rings. The molecule has 0 unspecified atom stereocenters. The van der Waals surface area contributed by atoms with Gasteiger partial charge < -0.3 is 4.98 Å². The van der Waals surface area contributed by atoms with Gasteiger partial charge in [-0.1, -0.05) is 6.07 Å². The van der Waals surface area contributed by atoms with Crippen LogP contribution in [-0.2, 0) is 0 Å². The molecule has 0 fully saturated rings. The summed E-state index contributed by atoms with van der Waals surface area (Å²) in [6.45, 7) is 1.53. The number of benzene rings is 1. The van der Waals surface area contributed by atoms with Gasteiger partial charge in [-0.3, -0.25) is 4.79 Å². The number of aromatic nitrogens is 2. The second-order valence-electron chi connectivity index (χ2n) is 3.88. The van der Waals surface area contributed by atoms with Crippen LogP contribution in [0.25, 0.3) is 21.7 Å². The molecule has 16 heavy (non-hydrogen) atoms. The van der Waals surface area contributed by atoms with Crippen LogP contribution < -0.4 is 0 Å². The summed E-state index contributed by atoms with van der Waals surface area (Å²) in [6.07, 6.45) is 3.88. The molecule has 1 aromatic carbocycles. The molecule has 1 N–H and O–H groups in total. The summed E-state index contributed by atoms with van der Waals surface area (Å²) in [5, 5.41) is 3.32. The molecule has 3 nitrogen and oxygen atoms in total. The van der Waals surface area contributed by atoms with Crippen LogP contribution in [0.5, 0.6) is 0 Å². The zero-order valence-electron chi connectivity index (χ0n) is 8.82. The molecule has 3 heteroatoms. The highest BCUT2D eigenvalue weighted by atomic mass is 16.1. The Balaban J connectivity index is 2.37. The fourth-order valence-electron chi connectivity index (χ4n) is 1.87. The highest BCUT2D eigenvalue weighted by molar-refractivity contribution is 5.99. The van der Waals surface area contributed by atoms with Crippen molar-refractivity contribution in [1.82, 2.24) is 9.97 Å². The zero-order valence-corrected chi connectivity index (χ0v) is 8.82. The standard InChI is InChI=1S/C13H10N2O/c1-8(16)12-3-2-9-4-10-6-14-7-11(10)5-13(9)15-12/h2-7,14H,1H3. The van der Waals surface area contributed by atoms with Crippen molar-refractivity contribution in [3.63, 3.8) is 0 Å². The first-order valence-corrected chi connectivity index (χ1v) is 5.12. The zero-order chi connectivity index (χ0) is 11.1. The van der Waals surface area contributed by atoms with Crippen molar-refractivity contribution in [3.8, 4) is 0 Å². The van der Waals surface area contributed by atoms with E-state index in [0.717, 1.165) is 21.7 Å². The second kappa shape index (κ2) is 3.17. The minimum absolute atomic E-state index is 0.00364. The lowest BCUT2D eigenvalue weighted by Gasteiger charge is -2.00. The summed E-state index contributed by atoms with van der Waals surface area (Å²) in [7, 11) is 0. The van der Waals surface area contributed by atoms with Crippen molar-refractivity contribution >= 4 is 27.5 Å². The molecule has 0 radical (unpaired) electrons. The Bertz CT molecular complexity index is 697. The molecule has 3 rings (SSSR count). The van der Waals surface area contributed by atoms with Gasteiger partial charge in [0.25, 0.3) is 0 Å². The van der Waals surface area contributed by atoms with Crippen LogP contribution in [0.2, 0.25) is 0 Å². The number of nitrogens with one attached hydrogen (secondary N) is 1. The molecule has 0 atom stereocenters. The Hall–Kier alpha value is -2.16. The number of carbonyl (C=O) groups is 1. The molecular formula is C13H10N2O. The van der Waals surface area contributed by atoms with E-state index in [9.17, 15) is 4.79 Å². The summed E-state index contributed by atoms with van der Waals surface area (Å²) in [4.78, 5) is 18.6. The van der Waals surface area contributed by atoms with Gasteiger partial charge in [-0.25, -0.2) is 4.98 Å². The van der Waals surface area contributed by atoms with E-state index in [2.05, 4.69) is 16.0 Å². The van der Waals surface area contributed by atoms with Crippen LogP contribution >= 0.6 is 0 Å². The summed E-state index contributed by atoms with van der Waals surface area (Å²) in [5.74, 6) is -0.00364. The van der Waals surface area contributed by atoms with Gasteiger partial charge in [0.15, 0.2) is 5.78 Å². The van der Waals surface area contributed by atoms with Crippen molar-refractivity contribution in [2.75, 3.05) is 0 Å². The number of ketones is 1. The molecule has 0 saturated heterocycles. The van der Waals surface area contributed by atoms with Crippen LogP contribution in [-0.4, -0.2) is 15.8 Å². The average molecular weight is 210 g/mol.